The van der Waals surface area contributed by atoms with Crippen molar-refractivity contribution in [2.24, 2.45) is 0 Å². The number of allylic oxidation sites excluding steroid dienone is 1. The molecular weight excluding hydrogens is 184 g/mol. The highest BCUT2D eigenvalue weighted by atomic mass is 16.1. The van der Waals surface area contributed by atoms with Crippen molar-refractivity contribution in [1.82, 2.24) is 0 Å². The maximum Gasteiger partial charge on any atom is 0.143 e. The fraction of sp³-hybridized carbons (Fsp3) is 0.357. The number of carbonyl (C=O) groups is 1. The number of Topliss-reactive ketones (excluding diaryl/α,β-unsaturated/α-hetero) is 1. The molecule has 0 bridgehead atoms. The van der Waals surface area contributed by atoms with Crippen molar-refractivity contribution in [3.63, 3.8) is 0 Å². The average molecular weight is 200 g/mol. The molecule has 1 aliphatic rings. The van der Waals surface area contributed by atoms with Gasteiger partial charge in [-0.15, -0.1) is 6.58 Å². The van der Waals surface area contributed by atoms with E-state index in [1.807, 2.05) is 24.3 Å². The van der Waals surface area contributed by atoms with Gasteiger partial charge >= 0.3 is 0 Å². The predicted octanol–water partition coefficient (Wildman–Crippen LogP) is 3.25. The van der Waals surface area contributed by atoms with E-state index in [2.05, 4.69) is 18.7 Å². The van der Waals surface area contributed by atoms with Gasteiger partial charge in [-0.1, -0.05) is 36.4 Å². The molecule has 0 atom stereocenters. The minimum absolute atomic E-state index is 0.135. The number of ketones is 1. The first-order valence-corrected chi connectivity index (χ1v) is 5.49. The van der Waals surface area contributed by atoms with Crippen molar-refractivity contribution in [3.05, 3.63) is 48.6 Å². The van der Waals surface area contributed by atoms with Crippen LogP contribution in [0.4, 0.5) is 0 Å². The van der Waals surface area contributed by atoms with Crippen LogP contribution in [0.3, 0.4) is 0 Å². The summed E-state index contributed by atoms with van der Waals surface area (Å²) in [6.07, 6.45) is 5.30. The van der Waals surface area contributed by atoms with Gasteiger partial charge in [0, 0.05) is 6.42 Å². The second-order valence-corrected chi connectivity index (χ2v) is 4.20. The summed E-state index contributed by atoms with van der Waals surface area (Å²) in [5.74, 6) is 0.383. The summed E-state index contributed by atoms with van der Waals surface area (Å²) in [6.45, 7) is 3.66. The third-order valence-corrected chi connectivity index (χ3v) is 3.19. The van der Waals surface area contributed by atoms with Gasteiger partial charge in [0.25, 0.3) is 0 Å². The van der Waals surface area contributed by atoms with Gasteiger partial charge in [0.15, 0.2) is 0 Å². The number of rotatable bonds is 5. The Morgan fingerprint density at radius 1 is 1.33 bits per heavy atom. The SMILES string of the molecule is C=CCCC(=O)C1(c2ccccc2)CC1. The molecule has 0 amide bonds. The smallest absolute Gasteiger partial charge is 0.143 e. The fourth-order valence-corrected chi connectivity index (χ4v) is 2.08. The lowest BCUT2D eigenvalue weighted by atomic mass is 9.89. The van der Waals surface area contributed by atoms with E-state index in [4.69, 9.17) is 0 Å². The number of benzene rings is 1. The molecule has 0 unspecified atom stereocenters. The molecule has 1 heteroatoms. The van der Waals surface area contributed by atoms with E-state index >= 15 is 0 Å². The molecule has 0 N–H and O–H groups in total. The third kappa shape index (κ3) is 1.87. The highest BCUT2D eigenvalue weighted by Gasteiger charge is 2.49. The lowest BCUT2D eigenvalue weighted by Crippen LogP contribution is -2.19. The Hall–Kier alpha value is -1.37. The van der Waals surface area contributed by atoms with Gasteiger partial charge < -0.3 is 0 Å². The molecule has 0 spiro atoms. The number of carbonyl (C=O) groups excluding carboxylic acids is 1. The van der Waals surface area contributed by atoms with E-state index in [0.29, 0.717) is 12.2 Å². The molecule has 0 aliphatic heterocycles. The maximum absolute atomic E-state index is 12.0. The van der Waals surface area contributed by atoms with Gasteiger partial charge in [0.2, 0.25) is 0 Å². The van der Waals surface area contributed by atoms with Gasteiger partial charge in [0.05, 0.1) is 5.41 Å². The van der Waals surface area contributed by atoms with E-state index in [0.717, 1.165) is 19.3 Å². The van der Waals surface area contributed by atoms with Crippen LogP contribution in [0.1, 0.15) is 31.2 Å². The largest absolute Gasteiger partial charge is 0.299 e. The van der Waals surface area contributed by atoms with Crippen molar-refractivity contribution in [2.45, 2.75) is 31.1 Å². The molecule has 1 fully saturated rings. The molecular formula is C14H16O. The van der Waals surface area contributed by atoms with Gasteiger partial charge in [-0.3, -0.25) is 4.79 Å². The lowest BCUT2D eigenvalue weighted by molar-refractivity contribution is -0.121. The van der Waals surface area contributed by atoms with Crippen molar-refractivity contribution in [3.8, 4) is 0 Å². The van der Waals surface area contributed by atoms with Gasteiger partial charge in [-0.05, 0) is 24.8 Å². The first-order valence-electron chi connectivity index (χ1n) is 5.49. The summed E-state index contributed by atoms with van der Waals surface area (Å²) in [6, 6.07) is 10.2. The van der Waals surface area contributed by atoms with Crippen molar-refractivity contribution in [2.75, 3.05) is 0 Å². The zero-order valence-electron chi connectivity index (χ0n) is 8.91. The molecule has 2 rings (SSSR count). The summed E-state index contributed by atoms with van der Waals surface area (Å²) >= 11 is 0. The van der Waals surface area contributed by atoms with Crippen LogP contribution in [0.5, 0.6) is 0 Å². The Labute approximate surface area is 90.8 Å². The Morgan fingerprint density at radius 2 is 2.00 bits per heavy atom. The van der Waals surface area contributed by atoms with Crippen LogP contribution in [-0.4, -0.2) is 5.78 Å². The van der Waals surface area contributed by atoms with Crippen LogP contribution in [0.2, 0.25) is 0 Å². The number of hydrogen-bond acceptors (Lipinski definition) is 1. The molecule has 0 heterocycles. The molecule has 0 radical (unpaired) electrons. The molecule has 1 saturated carbocycles. The molecule has 15 heavy (non-hydrogen) atoms. The predicted molar refractivity (Wildman–Crippen MR) is 61.8 cm³/mol. The summed E-state index contributed by atoms with van der Waals surface area (Å²) in [5.41, 5.74) is 1.06. The molecule has 1 nitrogen and oxygen atoms in total. The maximum atomic E-state index is 12.0. The second kappa shape index (κ2) is 4.01. The first-order chi connectivity index (χ1) is 7.29. The zero-order chi connectivity index (χ0) is 10.7. The molecule has 1 aromatic carbocycles. The lowest BCUT2D eigenvalue weighted by Gasteiger charge is -2.13. The number of hydrogen-bond donors (Lipinski definition) is 0. The van der Waals surface area contributed by atoms with E-state index < -0.39 is 0 Å². The Balaban J connectivity index is 2.14. The minimum Gasteiger partial charge on any atom is -0.299 e. The fourth-order valence-electron chi connectivity index (χ4n) is 2.08. The molecule has 78 valence electrons. The monoisotopic (exact) mass is 200 g/mol. The van der Waals surface area contributed by atoms with E-state index in [1.165, 1.54) is 5.56 Å². The summed E-state index contributed by atoms with van der Waals surface area (Å²) in [5, 5.41) is 0. The summed E-state index contributed by atoms with van der Waals surface area (Å²) < 4.78 is 0. The van der Waals surface area contributed by atoms with Gasteiger partial charge in [-0.2, -0.15) is 0 Å². The van der Waals surface area contributed by atoms with Crippen LogP contribution in [0.25, 0.3) is 0 Å². The van der Waals surface area contributed by atoms with Crippen LogP contribution < -0.4 is 0 Å². The standard InChI is InChI=1S/C14H16O/c1-2-3-9-13(15)14(10-11-14)12-7-5-4-6-8-12/h2,4-8H,1,3,9-11H2. The zero-order valence-corrected chi connectivity index (χ0v) is 8.91. The van der Waals surface area contributed by atoms with Crippen LogP contribution >= 0.6 is 0 Å². The third-order valence-electron chi connectivity index (χ3n) is 3.19. The van der Waals surface area contributed by atoms with Crippen molar-refractivity contribution >= 4 is 5.78 Å². The molecule has 0 saturated heterocycles. The van der Waals surface area contributed by atoms with Crippen molar-refractivity contribution < 1.29 is 4.79 Å². The normalized spacial score (nSPS) is 17.1. The van der Waals surface area contributed by atoms with E-state index in [-0.39, 0.29) is 5.41 Å². The summed E-state index contributed by atoms with van der Waals surface area (Å²) in [7, 11) is 0. The Kier molecular flexibility index (Phi) is 2.72. The Morgan fingerprint density at radius 3 is 2.53 bits per heavy atom. The van der Waals surface area contributed by atoms with Crippen molar-refractivity contribution in [1.29, 1.82) is 0 Å². The van der Waals surface area contributed by atoms with E-state index in [9.17, 15) is 4.79 Å². The molecule has 1 aromatic rings. The summed E-state index contributed by atoms with van der Waals surface area (Å²) in [4.78, 5) is 12.0. The van der Waals surface area contributed by atoms with Gasteiger partial charge in [-0.25, -0.2) is 0 Å². The van der Waals surface area contributed by atoms with Gasteiger partial charge in [0.1, 0.15) is 5.78 Å². The highest BCUT2D eigenvalue weighted by Crippen LogP contribution is 2.49. The van der Waals surface area contributed by atoms with Crippen LogP contribution in [0, 0.1) is 0 Å². The molecule has 1 aliphatic carbocycles. The first kappa shape index (κ1) is 10.2. The van der Waals surface area contributed by atoms with Crippen LogP contribution in [0.15, 0.2) is 43.0 Å². The second-order valence-electron chi connectivity index (χ2n) is 4.20. The minimum atomic E-state index is -0.135. The van der Waals surface area contributed by atoms with Crippen LogP contribution in [-0.2, 0) is 10.2 Å². The molecule has 0 aromatic heterocycles. The average Bonchev–Trinajstić information content (AvgIpc) is 3.08. The quantitative estimate of drug-likeness (QED) is 0.667. The highest BCUT2D eigenvalue weighted by molar-refractivity contribution is 5.93. The Bertz CT molecular complexity index is 360. The van der Waals surface area contributed by atoms with E-state index in [1.54, 1.807) is 0 Å². The topological polar surface area (TPSA) is 17.1 Å².